The van der Waals surface area contributed by atoms with E-state index in [0.29, 0.717) is 20.9 Å². The number of benzene rings is 3. The van der Waals surface area contributed by atoms with Crippen molar-refractivity contribution in [2.45, 2.75) is 18.7 Å². The monoisotopic (exact) mass is 555 g/mol. The van der Waals surface area contributed by atoms with Gasteiger partial charge < -0.3 is 8.92 Å². The average Bonchev–Trinajstić information content (AvgIpc) is 2.70. The number of aliphatic imine (C=N–C) groups is 1. The predicted octanol–water partition coefficient (Wildman–Crippen LogP) is 6.17. The molecule has 0 aromatic heterocycles. The van der Waals surface area contributed by atoms with Gasteiger partial charge in [0.1, 0.15) is 4.90 Å². The SMILES string of the molecule is CCOc1cc(C=Nc2ccc(C)cc2)cc(I)c1OS(=O)(=O)c1ccc(Cl)cc1. The highest BCUT2D eigenvalue weighted by atomic mass is 127. The second kappa shape index (κ2) is 9.80. The lowest BCUT2D eigenvalue weighted by Crippen LogP contribution is -2.12. The molecule has 0 unspecified atom stereocenters. The highest BCUT2D eigenvalue weighted by Crippen LogP contribution is 2.36. The lowest BCUT2D eigenvalue weighted by atomic mass is 10.2. The van der Waals surface area contributed by atoms with E-state index in [2.05, 4.69) is 4.99 Å². The highest BCUT2D eigenvalue weighted by Gasteiger charge is 2.22. The molecule has 3 aromatic carbocycles. The zero-order valence-corrected chi connectivity index (χ0v) is 20.0. The molecule has 0 aliphatic heterocycles. The van der Waals surface area contributed by atoms with Gasteiger partial charge in [-0.1, -0.05) is 29.3 Å². The molecule has 0 bridgehead atoms. The Kier molecular flexibility index (Phi) is 7.38. The molecule has 0 atom stereocenters. The lowest BCUT2D eigenvalue weighted by Gasteiger charge is -2.14. The minimum atomic E-state index is -4.04. The van der Waals surface area contributed by atoms with Crippen LogP contribution in [0.4, 0.5) is 5.69 Å². The first-order valence-electron chi connectivity index (χ1n) is 9.05. The molecule has 3 aromatic rings. The van der Waals surface area contributed by atoms with Crippen molar-refractivity contribution in [3.05, 3.63) is 80.4 Å². The van der Waals surface area contributed by atoms with Crippen molar-refractivity contribution in [3.8, 4) is 11.5 Å². The van der Waals surface area contributed by atoms with Crippen molar-refractivity contribution >= 4 is 56.2 Å². The van der Waals surface area contributed by atoms with Gasteiger partial charge in [-0.25, -0.2) is 0 Å². The summed E-state index contributed by atoms with van der Waals surface area (Å²) in [6, 6.07) is 17.1. The van der Waals surface area contributed by atoms with Crippen molar-refractivity contribution < 1.29 is 17.3 Å². The molecule has 0 fully saturated rings. The van der Waals surface area contributed by atoms with E-state index >= 15 is 0 Å². The molecule has 0 radical (unpaired) electrons. The zero-order valence-electron chi connectivity index (χ0n) is 16.3. The molecular weight excluding hydrogens is 537 g/mol. The van der Waals surface area contributed by atoms with Crippen molar-refractivity contribution in [1.29, 1.82) is 0 Å². The number of halogens is 2. The first-order valence-corrected chi connectivity index (χ1v) is 11.9. The largest absolute Gasteiger partial charge is 0.490 e. The number of hydrogen-bond donors (Lipinski definition) is 0. The van der Waals surface area contributed by atoms with Gasteiger partial charge in [-0.15, -0.1) is 0 Å². The van der Waals surface area contributed by atoms with Crippen LogP contribution in [0.3, 0.4) is 0 Å². The fourth-order valence-corrected chi connectivity index (χ4v) is 4.51. The Morgan fingerprint density at radius 3 is 2.37 bits per heavy atom. The number of ether oxygens (including phenoxy) is 1. The highest BCUT2D eigenvalue weighted by molar-refractivity contribution is 14.1. The van der Waals surface area contributed by atoms with Gasteiger partial charge in [0.15, 0.2) is 11.5 Å². The second-order valence-electron chi connectivity index (χ2n) is 6.35. The van der Waals surface area contributed by atoms with Gasteiger partial charge in [-0.2, -0.15) is 8.42 Å². The Labute approximate surface area is 195 Å². The topological polar surface area (TPSA) is 65.0 Å². The van der Waals surface area contributed by atoms with Crippen LogP contribution < -0.4 is 8.92 Å². The summed E-state index contributed by atoms with van der Waals surface area (Å²) < 4.78 is 37.0. The van der Waals surface area contributed by atoms with Gasteiger partial charge in [0, 0.05) is 11.2 Å². The molecule has 0 saturated heterocycles. The van der Waals surface area contributed by atoms with E-state index in [-0.39, 0.29) is 10.6 Å². The van der Waals surface area contributed by atoms with E-state index in [1.54, 1.807) is 18.3 Å². The summed E-state index contributed by atoms with van der Waals surface area (Å²) in [5.41, 5.74) is 2.74. The molecular formula is C22H19ClINO4S. The average molecular weight is 556 g/mol. The van der Waals surface area contributed by atoms with Crippen molar-refractivity contribution in [1.82, 2.24) is 0 Å². The second-order valence-corrected chi connectivity index (χ2v) is 9.49. The first kappa shape index (κ1) is 22.6. The summed E-state index contributed by atoms with van der Waals surface area (Å²) in [5, 5.41) is 0.441. The van der Waals surface area contributed by atoms with Crippen LogP contribution in [0, 0.1) is 10.5 Å². The molecule has 0 saturated carbocycles. The maximum atomic E-state index is 12.7. The van der Waals surface area contributed by atoms with Gasteiger partial charge in [0.05, 0.1) is 15.9 Å². The first-order chi connectivity index (χ1) is 14.3. The predicted molar refractivity (Wildman–Crippen MR) is 128 cm³/mol. The van der Waals surface area contributed by atoms with Gasteiger partial charge in [0.25, 0.3) is 0 Å². The summed E-state index contributed by atoms with van der Waals surface area (Å²) in [4.78, 5) is 4.47. The summed E-state index contributed by atoms with van der Waals surface area (Å²) >= 11 is 7.87. The Morgan fingerprint density at radius 1 is 1.07 bits per heavy atom. The minimum absolute atomic E-state index is 0.00941. The van der Waals surface area contributed by atoms with Gasteiger partial charge in [-0.05, 0) is 90.5 Å². The quantitative estimate of drug-likeness (QED) is 0.199. The lowest BCUT2D eigenvalue weighted by molar-refractivity contribution is 0.327. The third-order valence-corrected chi connectivity index (χ3v) is 6.31. The van der Waals surface area contributed by atoms with E-state index in [9.17, 15) is 8.42 Å². The third-order valence-electron chi connectivity index (χ3n) is 4.02. The molecule has 0 heterocycles. The van der Waals surface area contributed by atoms with E-state index in [1.165, 1.54) is 24.3 Å². The molecule has 0 spiro atoms. The van der Waals surface area contributed by atoms with Crippen LogP contribution in [0.2, 0.25) is 5.02 Å². The molecule has 156 valence electrons. The molecule has 3 rings (SSSR count). The number of aryl methyl sites for hydroxylation is 1. The molecule has 0 amide bonds. The maximum absolute atomic E-state index is 12.7. The standard InChI is InChI=1S/C22H19ClINO4S/c1-3-28-21-13-16(14-25-18-8-4-15(2)5-9-18)12-20(24)22(21)29-30(26,27)19-10-6-17(23)7-11-19/h4-14H,3H2,1-2H3. The van der Waals surface area contributed by atoms with Crippen LogP contribution in [-0.2, 0) is 10.1 Å². The van der Waals surface area contributed by atoms with Crippen LogP contribution in [0.5, 0.6) is 11.5 Å². The maximum Gasteiger partial charge on any atom is 0.339 e. The molecule has 5 nitrogen and oxygen atoms in total. The van der Waals surface area contributed by atoms with Crippen molar-refractivity contribution in [2.75, 3.05) is 6.61 Å². The van der Waals surface area contributed by atoms with E-state index < -0.39 is 10.1 Å². The molecule has 0 N–H and O–H groups in total. The Morgan fingerprint density at radius 2 is 1.73 bits per heavy atom. The summed E-state index contributed by atoms with van der Waals surface area (Å²) in [7, 11) is -4.04. The van der Waals surface area contributed by atoms with Gasteiger partial charge in [-0.3, -0.25) is 4.99 Å². The fraction of sp³-hybridized carbons (Fsp3) is 0.136. The van der Waals surface area contributed by atoms with Gasteiger partial charge in [0.2, 0.25) is 0 Å². The van der Waals surface area contributed by atoms with Crippen LogP contribution in [0.25, 0.3) is 0 Å². The smallest absolute Gasteiger partial charge is 0.339 e. The zero-order chi connectivity index (χ0) is 21.7. The van der Waals surface area contributed by atoms with Gasteiger partial charge >= 0.3 is 10.1 Å². The Bertz CT molecular complexity index is 1160. The van der Waals surface area contributed by atoms with Crippen molar-refractivity contribution in [3.63, 3.8) is 0 Å². The Hall–Kier alpha value is -2.10. The normalized spacial score (nSPS) is 11.6. The molecule has 0 aliphatic carbocycles. The number of nitrogens with zero attached hydrogens (tertiary/aromatic N) is 1. The number of hydrogen-bond acceptors (Lipinski definition) is 5. The van der Waals surface area contributed by atoms with Crippen molar-refractivity contribution in [2.24, 2.45) is 4.99 Å². The van der Waals surface area contributed by atoms with Crippen LogP contribution >= 0.6 is 34.2 Å². The minimum Gasteiger partial charge on any atom is -0.490 e. The summed E-state index contributed by atoms with van der Waals surface area (Å²) in [5.74, 6) is 0.465. The van der Waals surface area contributed by atoms with Crippen LogP contribution in [0.1, 0.15) is 18.1 Å². The molecule has 0 aliphatic rings. The van der Waals surface area contributed by atoms with E-state index in [1.807, 2.05) is 60.7 Å². The summed E-state index contributed by atoms with van der Waals surface area (Å²) in [6.45, 7) is 4.18. The van der Waals surface area contributed by atoms with Crippen LogP contribution in [0.15, 0.2) is 70.6 Å². The number of rotatable bonds is 7. The van der Waals surface area contributed by atoms with E-state index in [0.717, 1.165) is 16.8 Å². The molecule has 8 heteroatoms. The van der Waals surface area contributed by atoms with Crippen LogP contribution in [-0.4, -0.2) is 21.2 Å². The Balaban J connectivity index is 1.93. The fourth-order valence-electron chi connectivity index (χ4n) is 2.55. The molecule has 30 heavy (non-hydrogen) atoms. The summed E-state index contributed by atoms with van der Waals surface area (Å²) in [6.07, 6.45) is 1.70. The van der Waals surface area contributed by atoms with E-state index in [4.69, 9.17) is 20.5 Å². The third kappa shape index (κ3) is 5.74.